The van der Waals surface area contributed by atoms with Crippen LogP contribution in [0, 0.1) is 0 Å². The molecule has 3 aromatic rings. The summed E-state index contributed by atoms with van der Waals surface area (Å²) < 4.78 is 6.57. The Bertz CT molecular complexity index is 613. The Kier molecular flexibility index (Phi) is 1.86. The molecule has 3 rings (SSSR count). The molecule has 2 N–H and O–H groups in total. The van der Waals surface area contributed by atoms with E-state index in [0.29, 0.717) is 12.5 Å². The average Bonchev–Trinajstić information content (AvgIpc) is 2.89. The Morgan fingerprint density at radius 3 is 3.12 bits per heavy atom. The van der Waals surface area contributed by atoms with Crippen molar-refractivity contribution in [2.75, 3.05) is 5.73 Å². The first-order valence-corrected chi connectivity index (χ1v) is 4.80. The highest BCUT2D eigenvalue weighted by Crippen LogP contribution is 2.16. The number of hydrogen-bond donors (Lipinski definition) is 1. The molecule has 0 radical (unpaired) electrons. The number of pyridine rings is 1. The van der Waals surface area contributed by atoms with Crippen molar-refractivity contribution in [2.24, 2.45) is 0 Å². The van der Waals surface area contributed by atoms with Gasteiger partial charge in [0, 0.05) is 12.3 Å². The lowest BCUT2D eigenvalue weighted by molar-refractivity contribution is 0.410. The van der Waals surface area contributed by atoms with E-state index < -0.39 is 0 Å². The molecular formula is C10H9N5O. The van der Waals surface area contributed by atoms with Gasteiger partial charge < -0.3 is 10.3 Å². The Labute approximate surface area is 90.7 Å². The van der Waals surface area contributed by atoms with E-state index in [9.17, 15) is 0 Å². The highest BCUT2D eigenvalue weighted by atomic mass is 16.5. The smallest absolute Gasteiger partial charge is 0.202 e. The molecule has 3 aromatic heterocycles. The molecule has 0 aromatic carbocycles. The molecule has 0 aliphatic heterocycles. The molecule has 0 spiro atoms. The molecule has 3 heterocycles. The summed E-state index contributed by atoms with van der Waals surface area (Å²) in [6.45, 7) is 0.510. The Morgan fingerprint density at radius 1 is 1.38 bits per heavy atom. The molecule has 0 saturated carbocycles. The summed E-state index contributed by atoms with van der Waals surface area (Å²) in [5.41, 5.74) is 8.15. The topological polar surface area (TPSA) is 82.8 Å². The van der Waals surface area contributed by atoms with E-state index in [4.69, 9.17) is 10.3 Å². The number of nitrogen functional groups attached to an aromatic ring is 1. The number of imidazole rings is 1. The van der Waals surface area contributed by atoms with E-state index in [1.807, 2.05) is 12.1 Å². The molecule has 0 saturated heterocycles. The lowest BCUT2D eigenvalue weighted by Gasteiger charge is -2.01. The summed E-state index contributed by atoms with van der Waals surface area (Å²) in [6, 6.07) is 5.49. The van der Waals surface area contributed by atoms with Crippen LogP contribution in [0.3, 0.4) is 0 Å². The minimum absolute atomic E-state index is 0.428. The van der Waals surface area contributed by atoms with Gasteiger partial charge in [-0.3, -0.25) is 4.57 Å². The highest BCUT2D eigenvalue weighted by molar-refractivity contribution is 5.73. The molecule has 6 nitrogen and oxygen atoms in total. The van der Waals surface area contributed by atoms with Gasteiger partial charge in [0.1, 0.15) is 17.5 Å². The predicted molar refractivity (Wildman–Crippen MR) is 57.5 cm³/mol. The number of aromatic nitrogens is 4. The van der Waals surface area contributed by atoms with Crippen LogP contribution < -0.4 is 5.73 Å². The Morgan fingerprint density at radius 2 is 2.31 bits per heavy atom. The first kappa shape index (κ1) is 8.90. The van der Waals surface area contributed by atoms with Gasteiger partial charge in [-0.15, -0.1) is 0 Å². The van der Waals surface area contributed by atoms with Crippen LogP contribution in [-0.2, 0) is 6.54 Å². The van der Waals surface area contributed by atoms with Gasteiger partial charge >= 0.3 is 0 Å². The molecule has 0 fully saturated rings. The molecule has 0 aliphatic carbocycles. The molecule has 80 valence electrons. The molecule has 0 unspecified atom stereocenters. The SMILES string of the molecule is Nc1nc2cccnc2n1Cc1ccon1. The summed E-state index contributed by atoms with van der Waals surface area (Å²) in [5.74, 6) is 0.428. The molecular weight excluding hydrogens is 206 g/mol. The zero-order valence-electron chi connectivity index (χ0n) is 8.37. The van der Waals surface area contributed by atoms with Crippen molar-refractivity contribution in [3.8, 4) is 0 Å². The number of fused-ring (bicyclic) bond motifs is 1. The third-order valence-electron chi connectivity index (χ3n) is 2.34. The van der Waals surface area contributed by atoms with Gasteiger partial charge in [0.2, 0.25) is 5.95 Å². The van der Waals surface area contributed by atoms with Crippen molar-refractivity contribution in [2.45, 2.75) is 6.54 Å². The van der Waals surface area contributed by atoms with E-state index in [-0.39, 0.29) is 0 Å². The third kappa shape index (κ3) is 1.31. The summed E-state index contributed by atoms with van der Waals surface area (Å²) in [6.07, 6.45) is 3.24. The minimum Gasteiger partial charge on any atom is -0.369 e. The second-order valence-corrected chi connectivity index (χ2v) is 3.39. The van der Waals surface area contributed by atoms with Crippen LogP contribution in [0.1, 0.15) is 5.69 Å². The van der Waals surface area contributed by atoms with Crippen molar-refractivity contribution in [3.63, 3.8) is 0 Å². The zero-order valence-corrected chi connectivity index (χ0v) is 8.37. The average molecular weight is 215 g/mol. The number of hydrogen-bond acceptors (Lipinski definition) is 5. The van der Waals surface area contributed by atoms with Gasteiger partial charge in [-0.1, -0.05) is 5.16 Å². The van der Waals surface area contributed by atoms with E-state index in [1.165, 1.54) is 6.26 Å². The first-order chi connectivity index (χ1) is 7.84. The van der Waals surface area contributed by atoms with Gasteiger partial charge in [0.05, 0.1) is 6.54 Å². The van der Waals surface area contributed by atoms with E-state index in [2.05, 4.69) is 15.1 Å². The lowest BCUT2D eigenvalue weighted by atomic mass is 10.4. The van der Waals surface area contributed by atoms with Crippen LogP contribution in [-0.4, -0.2) is 19.7 Å². The van der Waals surface area contributed by atoms with Crippen LogP contribution in [0.25, 0.3) is 11.2 Å². The summed E-state index contributed by atoms with van der Waals surface area (Å²) in [5, 5.41) is 3.83. The Hall–Kier alpha value is -2.37. The summed E-state index contributed by atoms with van der Waals surface area (Å²) in [4.78, 5) is 8.46. The van der Waals surface area contributed by atoms with Gasteiger partial charge in [-0.25, -0.2) is 9.97 Å². The highest BCUT2D eigenvalue weighted by Gasteiger charge is 2.09. The second kappa shape index (κ2) is 3.34. The van der Waals surface area contributed by atoms with Crippen LogP contribution in [0.4, 0.5) is 5.95 Å². The fraction of sp³-hybridized carbons (Fsp3) is 0.100. The number of nitrogens with two attached hydrogens (primary N) is 1. The van der Waals surface area contributed by atoms with E-state index >= 15 is 0 Å². The molecule has 0 aliphatic rings. The summed E-state index contributed by atoms with van der Waals surface area (Å²) in [7, 11) is 0. The standard InChI is InChI=1S/C10H9N5O/c11-10-13-8-2-1-4-12-9(8)15(10)6-7-3-5-16-14-7/h1-5H,6H2,(H2,11,13). The monoisotopic (exact) mass is 215 g/mol. The van der Waals surface area contributed by atoms with Crippen molar-refractivity contribution < 1.29 is 4.52 Å². The van der Waals surface area contributed by atoms with Gasteiger partial charge in [0.25, 0.3) is 0 Å². The van der Waals surface area contributed by atoms with Crippen molar-refractivity contribution >= 4 is 17.1 Å². The quantitative estimate of drug-likeness (QED) is 0.690. The molecule has 0 atom stereocenters. The van der Waals surface area contributed by atoms with Crippen LogP contribution in [0.5, 0.6) is 0 Å². The molecule has 0 amide bonds. The van der Waals surface area contributed by atoms with Crippen LogP contribution >= 0.6 is 0 Å². The van der Waals surface area contributed by atoms with Crippen molar-refractivity contribution in [1.29, 1.82) is 0 Å². The predicted octanol–water partition coefficient (Wildman–Crippen LogP) is 1.05. The number of nitrogens with zero attached hydrogens (tertiary/aromatic N) is 4. The molecule has 16 heavy (non-hydrogen) atoms. The summed E-state index contributed by atoms with van der Waals surface area (Å²) >= 11 is 0. The van der Waals surface area contributed by atoms with E-state index in [0.717, 1.165) is 16.9 Å². The fourth-order valence-corrected chi connectivity index (χ4v) is 1.61. The zero-order chi connectivity index (χ0) is 11.0. The maximum absolute atomic E-state index is 5.82. The van der Waals surface area contributed by atoms with Crippen molar-refractivity contribution in [3.05, 3.63) is 36.4 Å². The third-order valence-corrected chi connectivity index (χ3v) is 2.34. The maximum Gasteiger partial charge on any atom is 0.202 e. The van der Waals surface area contributed by atoms with Gasteiger partial charge in [-0.05, 0) is 12.1 Å². The molecule has 0 bridgehead atoms. The minimum atomic E-state index is 0.428. The Balaban J connectivity index is 2.12. The van der Waals surface area contributed by atoms with Crippen molar-refractivity contribution in [1.82, 2.24) is 19.7 Å². The van der Waals surface area contributed by atoms with Crippen LogP contribution in [0.15, 0.2) is 35.2 Å². The lowest BCUT2D eigenvalue weighted by Crippen LogP contribution is -2.05. The maximum atomic E-state index is 5.82. The fourth-order valence-electron chi connectivity index (χ4n) is 1.61. The van der Waals surface area contributed by atoms with Gasteiger partial charge in [-0.2, -0.15) is 0 Å². The largest absolute Gasteiger partial charge is 0.369 e. The number of anilines is 1. The second-order valence-electron chi connectivity index (χ2n) is 3.39. The molecule has 6 heteroatoms. The van der Waals surface area contributed by atoms with E-state index in [1.54, 1.807) is 16.8 Å². The van der Waals surface area contributed by atoms with Crippen LogP contribution in [0.2, 0.25) is 0 Å². The first-order valence-electron chi connectivity index (χ1n) is 4.80. The van der Waals surface area contributed by atoms with Gasteiger partial charge in [0.15, 0.2) is 5.65 Å². The normalized spacial score (nSPS) is 11.0. The number of rotatable bonds is 2.